The molecule has 0 aromatic carbocycles. The SMILES string of the molecule is CC(C)(CNS(N)(=O)=O)C(=O)O. The third-order valence-electron chi connectivity index (χ3n) is 1.29. The van der Waals surface area contributed by atoms with E-state index in [0.29, 0.717) is 0 Å². The molecule has 0 aliphatic heterocycles. The van der Waals surface area contributed by atoms with Gasteiger partial charge in [-0.3, -0.25) is 4.79 Å². The lowest BCUT2D eigenvalue weighted by Gasteiger charge is -2.18. The summed E-state index contributed by atoms with van der Waals surface area (Å²) in [6, 6.07) is 0. The molecule has 0 heterocycles. The van der Waals surface area contributed by atoms with Crippen LogP contribution in [0.25, 0.3) is 0 Å². The maximum Gasteiger partial charge on any atom is 0.310 e. The Morgan fingerprint density at radius 2 is 2.00 bits per heavy atom. The van der Waals surface area contributed by atoms with Crippen LogP contribution in [0.5, 0.6) is 0 Å². The van der Waals surface area contributed by atoms with Gasteiger partial charge in [-0.25, -0.2) is 9.86 Å². The highest BCUT2D eigenvalue weighted by Crippen LogP contribution is 2.12. The van der Waals surface area contributed by atoms with Gasteiger partial charge in [0.05, 0.1) is 5.41 Å². The van der Waals surface area contributed by atoms with Crippen molar-refractivity contribution >= 4 is 16.2 Å². The van der Waals surface area contributed by atoms with Crippen molar-refractivity contribution in [2.45, 2.75) is 13.8 Å². The topological polar surface area (TPSA) is 109 Å². The Kier molecular flexibility index (Phi) is 3.19. The molecule has 4 N–H and O–H groups in total. The second-order valence-electron chi connectivity index (χ2n) is 3.06. The third-order valence-corrected chi connectivity index (χ3v) is 1.84. The Bertz CT molecular complexity index is 269. The number of aliphatic carboxylic acids is 1. The van der Waals surface area contributed by atoms with Crippen molar-refractivity contribution in [3.05, 3.63) is 0 Å². The number of carboxylic acid groups (broad SMARTS) is 1. The van der Waals surface area contributed by atoms with Crippen molar-refractivity contribution in [1.29, 1.82) is 0 Å². The van der Waals surface area contributed by atoms with E-state index in [2.05, 4.69) is 5.14 Å². The monoisotopic (exact) mass is 196 g/mol. The molecular formula is C5H12N2O4S. The number of hydrogen-bond acceptors (Lipinski definition) is 3. The van der Waals surface area contributed by atoms with Gasteiger partial charge in [0.15, 0.2) is 0 Å². The molecule has 0 bridgehead atoms. The Morgan fingerprint density at radius 1 is 1.58 bits per heavy atom. The molecule has 0 radical (unpaired) electrons. The molecule has 0 aliphatic rings. The minimum atomic E-state index is -3.80. The molecule has 0 atom stereocenters. The van der Waals surface area contributed by atoms with Crippen molar-refractivity contribution in [2.24, 2.45) is 10.6 Å². The van der Waals surface area contributed by atoms with Crippen LogP contribution in [-0.2, 0) is 15.0 Å². The van der Waals surface area contributed by atoms with E-state index in [1.165, 1.54) is 13.8 Å². The molecular weight excluding hydrogens is 184 g/mol. The molecule has 7 heteroatoms. The van der Waals surface area contributed by atoms with Crippen molar-refractivity contribution in [3.63, 3.8) is 0 Å². The van der Waals surface area contributed by atoms with Crippen LogP contribution in [0.2, 0.25) is 0 Å². The highest BCUT2D eigenvalue weighted by atomic mass is 32.2. The first kappa shape index (κ1) is 11.3. The van der Waals surface area contributed by atoms with Crippen molar-refractivity contribution in [2.75, 3.05) is 6.54 Å². The quantitative estimate of drug-likeness (QED) is 0.529. The fraction of sp³-hybridized carbons (Fsp3) is 0.800. The molecule has 0 aliphatic carbocycles. The fourth-order valence-electron chi connectivity index (χ4n) is 0.357. The van der Waals surface area contributed by atoms with Gasteiger partial charge in [0.25, 0.3) is 10.2 Å². The zero-order valence-electron chi connectivity index (χ0n) is 6.86. The van der Waals surface area contributed by atoms with Gasteiger partial charge in [0.2, 0.25) is 0 Å². The highest BCUT2D eigenvalue weighted by Gasteiger charge is 2.27. The Morgan fingerprint density at radius 3 is 2.25 bits per heavy atom. The van der Waals surface area contributed by atoms with Crippen LogP contribution in [0.4, 0.5) is 0 Å². The Hall–Kier alpha value is -0.660. The van der Waals surface area contributed by atoms with Gasteiger partial charge in [-0.05, 0) is 13.8 Å². The van der Waals surface area contributed by atoms with Gasteiger partial charge >= 0.3 is 5.97 Å². The van der Waals surface area contributed by atoms with E-state index in [1.807, 2.05) is 4.72 Å². The van der Waals surface area contributed by atoms with Crippen LogP contribution in [0.15, 0.2) is 0 Å². The molecule has 0 amide bonds. The Labute approximate surface area is 70.9 Å². The largest absolute Gasteiger partial charge is 0.481 e. The van der Waals surface area contributed by atoms with Gasteiger partial charge < -0.3 is 5.11 Å². The number of carboxylic acids is 1. The van der Waals surface area contributed by atoms with Crippen LogP contribution in [0.3, 0.4) is 0 Å². The number of nitrogens with one attached hydrogen (secondary N) is 1. The van der Waals surface area contributed by atoms with E-state index in [1.54, 1.807) is 0 Å². The average Bonchev–Trinajstić information content (AvgIpc) is 1.82. The molecule has 0 spiro atoms. The molecule has 12 heavy (non-hydrogen) atoms. The summed E-state index contributed by atoms with van der Waals surface area (Å²) in [5.41, 5.74) is -1.15. The molecule has 0 aromatic heterocycles. The third kappa shape index (κ3) is 4.27. The lowest BCUT2D eigenvalue weighted by atomic mass is 9.95. The van der Waals surface area contributed by atoms with Crippen LogP contribution >= 0.6 is 0 Å². The predicted octanol–water partition coefficient (Wildman–Crippen LogP) is -1.11. The molecule has 72 valence electrons. The lowest BCUT2D eigenvalue weighted by Crippen LogP contribution is -2.41. The van der Waals surface area contributed by atoms with E-state index in [-0.39, 0.29) is 6.54 Å². The minimum absolute atomic E-state index is 0.221. The normalized spacial score (nSPS) is 12.9. The lowest BCUT2D eigenvalue weighted by molar-refractivity contribution is -0.146. The second-order valence-corrected chi connectivity index (χ2v) is 4.43. The second kappa shape index (κ2) is 3.38. The van der Waals surface area contributed by atoms with Gasteiger partial charge in [0.1, 0.15) is 0 Å². The zero-order valence-corrected chi connectivity index (χ0v) is 7.68. The van der Waals surface area contributed by atoms with E-state index in [9.17, 15) is 13.2 Å². The maximum absolute atomic E-state index is 10.5. The van der Waals surface area contributed by atoms with Gasteiger partial charge in [-0.1, -0.05) is 0 Å². The predicted molar refractivity (Wildman–Crippen MR) is 42.5 cm³/mol. The average molecular weight is 196 g/mol. The zero-order chi connectivity index (χ0) is 9.99. The van der Waals surface area contributed by atoms with Crippen molar-refractivity contribution in [1.82, 2.24) is 4.72 Å². The Balaban J connectivity index is 4.20. The van der Waals surface area contributed by atoms with Crippen molar-refractivity contribution < 1.29 is 18.3 Å². The summed E-state index contributed by atoms with van der Waals surface area (Å²) in [4.78, 5) is 10.5. The first-order valence-electron chi connectivity index (χ1n) is 3.16. The summed E-state index contributed by atoms with van der Waals surface area (Å²) in [6.07, 6.45) is 0. The molecule has 0 saturated carbocycles. The van der Waals surface area contributed by atoms with Gasteiger partial charge in [-0.2, -0.15) is 8.42 Å². The van der Waals surface area contributed by atoms with E-state index in [0.717, 1.165) is 0 Å². The summed E-state index contributed by atoms with van der Waals surface area (Å²) < 4.78 is 22.7. The van der Waals surface area contributed by atoms with Gasteiger partial charge in [-0.15, -0.1) is 0 Å². The fourth-order valence-corrected chi connectivity index (χ4v) is 0.919. The molecule has 0 saturated heterocycles. The van der Waals surface area contributed by atoms with Crippen LogP contribution < -0.4 is 9.86 Å². The molecule has 0 fully saturated rings. The van der Waals surface area contributed by atoms with Crippen LogP contribution in [-0.4, -0.2) is 26.0 Å². The van der Waals surface area contributed by atoms with Gasteiger partial charge in [0, 0.05) is 6.54 Å². The molecule has 0 aromatic rings. The maximum atomic E-state index is 10.5. The number of rotatable bonds is 4. The summed E-state index contributed by atoms with van der Waals surface area (Å²) in [7, 11) is -3.80. The van der Waals surface area contributed by atoms with Crippen LogP contribution in [0.1, 0.15) is 13.8 Å². The summed E-state index contributed by atoms with van der Waals surface area (Å²) in [6.45, 7) is 2.57. The number of carbonyl (C=O) groups is 1. The molecule has 0 rings (SSSR count). The van der Waals surface area contributed by atoms with E-state index in [4.69, 9.17) is 5.11 Å². The summed E-state index contributed by atoms with van der Waals surface area (Å²) >= 11 is 0. The number of nitrogens with two attached hydrogens (primary N) is 1. The molecule has 6 nitrogen and oxygen atoms in total. The number of hydrogen-bond donors (Lipinski definition) is 3. The van der Waals surface area contributed by atoms with E-state index >= 15 is 0 Å². The standard InChI is InChI=1S/C5H12N2O4S/c1-5(2,4(8)9)3-7-12(6,10)11/h7H,3H2,1-2H3,(H,8,9)(H2,6,10,11). The first-order chi connectivity index (χ1) is 5.15. The summed E-state index contributed by atoms with van der Waals surface area (Å²) in [5.74, 6) is -1.08. The van der Waals surface area contributed by atoms with Crippen molar-refractivity contribution in [3.8, 4) is 0 Å². The summed E-state index contributed by atoms with van der Waals surface area (Å²) in [5, 5.41) is 13.2. The van der Waals surface area contributed by atoms with E-state index < -0.39 is 21.6 Å². The van der Waals surface area contributed by atoms with Crippen LogP contribution in [0, 0.1) is 5.41 Å². The highest BCUT2D eigenvalue weighted by molar-refractivity contribution is 7.87. The first-order valence-corrected chi connectivity index (χ1v) is 4.70. The minimum Gasteiger partial charge on any atom is -0.481 e. The molecule has 0 unspecified atom stereocenters. The smallest absolute Gasteiger partial charge is 0.310 e.